The maximum Gasteiger partial charge on any atom is 0.269 e. The lowest BCUT2D eigenvalue weighted by molar-refractivity contribution is -0.384. The lowest BCUT2D eigenvalue weighted by Crippen LogP contribution is -2.36. The molecule has 0 aliphatic rings. The third-order valence-electron chi connectivity index (χ3n) is 3.04. The van der Waals surface area contributed by atoms with Gasteiger partial charge in [0, 0.05) is 25.2 Å². The number of nitro groups is 1. The third kappa shape index (κ3) is 3.75. The molecule has 0 fully saturated rings. The van der Waals surface area contributed by atoms with E-state index >= 15 is 0 Å². The van der Waals surface area contributed by atoms with E-state index in [0.29, 0.717) is 13.1 Å². The molecule has 6 nitrogen and oxygen atoms in total. The van der Waals surface area contributed by atoms with Gasteiger partial charge in [-0.1, -0.05) is 12.1 Å². The number of nitrogens with zero attached hydrogens (tertiary/aromatic N) is 2. The molecule has 0 saturated heterocycles. The molecule has 0 heterocycles. The van der Waals surface area contributed by atoms with Gasteiger partial charge in [-0.05, 0) is 19.4 Å². The zero-order chi connectivity index (χ0) is 14.4. The molecule has 0 aliphatic carbocycles. The number of amides is 1. The van der Waals surface area contributed by atoms with Crippen molar-refractivity contribution in [1.29, 1.82) is 0 Å². The first-order valence-electron chi connectivity index (χ1n) is 6.15. The van der Waals surface area contributed by atoms with E-state index in [0.717, 1.165) is 5.56 Å². The first-order chi connectivity index (χ1) is 9.01. The Morgan fingerprint density at radius 3 is 2.42 bits per heavy atom. The Kier molecular flexibility index (Phi) is 5.44. The maximum atomic E-state index is 12.2. The zero-order valence-electron chi connectivity index (χ0n) is 11.1. The Morgan fingerprint density at radius 1 is 1.42 bits per heavy atom. The molecule has 0 saturated carbocycles. The normalized spacial score (nSPS) is 11.9. The van der Waals surface area contributed by atoms with E-state index in [4.69, 9.17) is 5.11 Å². The number of aliphatic hydroxyl groups excluding tert-OH is 1. The van der Waals surface area contributed by atoms with Crippen molar-refractivity contribution in [2.45, 2.75) is 19.8 Å². The minimum atomic E-state index is -0.472. The van der Waals surface area contributed by atoms with Crippen LogP contribution < -0.4 is 0 Å². The van der Waals surface area contributed by atoms with Gasteiger partial charge >= 0.3 is 0 Å². The van der Waals surface area contributed by atoms with Crippen LogP contribution in [0.1, 0.15) is 25.3 Å². The molecule has 104 valence electrons. The first kappa shape index (κ1) is 15.1. The summed E-state index contributed by atoms with van der Waals surface area (Å²) < 4.78 is 0. The van der Waals surface area contributed by atoms with Gasteiger partial charge in [0.15, 0.2) is 0 Å². The molecule has 0 bridgehead atoms. The molecule has 1 N–H and O–H groups in total. The number of carbonyl (C=O) groups is 1. The van der Waals surface area contributed by atoms with Crippen LogP contribution in [-0.4, -0.2) is 40.5 Å². The smallest absolute Gasteiger partial charge is 0.269 e. The molecular weight excluding hydrogens is 248 g/mol. The van der Waals surface area contributed by atoms with Crippen molar-refractivity contribution < 1.29 is 14.8 Å². The van der Waals surface area contributed by atoms with Crippen LogP contribution in [0.2, 0.25) is 0 Å². The lowest BCUT2D eigenvalue weighted by atomic mass is 9.99. The van der Waals surface area contributed by atoms with Crippen molar-refractivity contribution >= 4 is 11.6 Å². The summed E-state index contributed by atoms with van der Waals surface area (Å²) in [6.45, 7) is 4.34. The van der Waals surface area contributed by atoms with Crippen LogP contribution in [-0.2, 0) is 4.79 Å². The van der Waals surface area contributed by atoms with Crippen LogP contribution in [0.25, 0.3) is 0 Å². The predicted molar refractivity (Wildman–Crippen MR) is 70.9 cm³/mol. The van der Waals surface area contributed by atoms with Gasteiger partial charge in [0.2, 0.25) is 5.91 Å². The minimum Gasteiger partial charge on any atom is -0.395 e. The molecule has 0 radical (unpaired) electrons. The average molecular weight is 266 g/mol. The molecule has 0 spiro atoms. The van der Waals surface area contributed by atoms with Crippen LogP contribution in [0.15, 0.2) is 24.3 Å². The highest BCUT2D eigenvalue weighted by molar-refractivity contribution is 5.83. The largest absolute Gasteiger partial charge is 0.395 e. The Labute approximate surface area is 111 Å². The van der Waals surface area contributed by atoms with Gasteiger partial charge < -0.3 is 10.0 Å². The van der Waals surface area contributed by atoms with Crippen molar-refractivity contribution in [3.05, 3.63) is 39.9 Å². The van der Waals surface area contributed by atoms with Crippen molar-refractivity contribution in [2.24, 2.45) is 0 Å². The second-order valence-electron chi connectivity index (χ2n) is 4.21. The van der Waals surface area contributed by atoms with Gasteiger partial charge in [-0.25, -0.2) is 0 Å². The highest BCUT2D eigenvalue weighted by Crippen LogP contribution is 2.21. The molecule has 1 amide bonds. The number of hydrogen-bond donors (Lipinski definition) is 1. The second-order valence-corrected chi connectivity index (χ2v) is 4.21. The van der Waals surface area contributed by atoms with Gasteiger partial charge in [-0.3, -0.25) is 14.9 Å². The molecule has 0 aliphatic heterocycles. The number of carbonyl (C=O) groups excluding carboxylic acids is 1. The van der Waals surface area contributed by atoms with E-state index < -0.39 is 4.92 Å². The van der Waals surface area contributed by atoms with E-state index in [-0.39, 0.29) is 24.1 Å². The number of likely N-dealkylation sites (N-methyl/N-ethyl adjacent to an activating group) is 1. The Balaban J connectivity index is 2.84. The number of nitro benzene ring substituents is 1. The van der Waals surface area contributed by atoms with E-state index in [9.17, 15) is 14.9 Å². The van der Waals surface area contributed by atoms with Gasteiger partial charge in [-0.2, -0.15) is 0 Å². The highest BCUT2D eigenvalue weighted by Gasteiger charge is 2.21. The van der Waals surface area contributed by atoms with E-state index in [1.54, 1.807) is 24.0 Å². The highest BCUT2D eigenvalue weighted by atomic mass is 16.6. The van der Waals surface area contributed by atoms with Gasteiger partial charge in [0.05, 0.1) is 17.4 Å². The lowest BCUT2D eigenvalue weighted by Gasteiger charge is -2.23. The second kappa shape index (κ2) is 6.84. The van der Waals surface area contributed by atoms with Crippen LogP contribution in [0, 0.1) is 10.1 Å². The standard InChI is InChI=1S/C13H18N2O4/c1-3-14(8-9-16)13(17)10(2)11-4-6-12(7-5-11)15(18)19/h4-7,10,16H,3,8-9H2,1-2H3. The molecule has 6 heteroatoms. The summed E-state index contributed by atoms with van der Waals surface area (Å²) in [7, 11) is 0. The molecule has 1 unspecified atom stereocenters. The molecule has 1 aromatic carbocycles. The summed E-state index contributed by atoms with van der Waals surface area (Å²) in [6, 6.07) is 5.96. The van der Waals surface area contributed by atoms with E-state index in [2.05, 4.69) is 0 Å². The fourth-order valence-electron chi connectivity index (χ4n) is 1.85. The minimum absolute atomic E-state index is 0.00565. The summed E-state index contributed by atoms with van der Waals surface area (Å²) in [5.41, 5.74) is 0.734. The van der Waals surface area contributed by atoms with Crippen molar-refractivity contribution in [1.82, 2.24) is 4.90 Å². The number of non-ortho nitro benzene ring substituents is 1. The summed E-state index contributed by atoms with van der Waals surface area (Å²) >= 11 is 0. The Hall–Kier alpha value is -1.95. The predicted octanol–water partition coefficient (Wildman–Crippen LogP) is 1.54. The number of rotatable bonds is 6. The van der Waals surface area contributed by atoms with Crippen LogP contribution in [0.4, 0.5) is 5.69 Å². The topological polar surface area (TPSA) is 83.7 Å². The first-order valence-corrected chi connectivity index (χ1v) is 6.15. The summed E-state index contributed by atoms with van der Waals surface area (Å²) in [5, 5.41) is 19.5. The Bertz CT molecular complexity index is 444. The quantitative estimate of drug-likeness (QED) is 0.625. The Morgan fingerprint density at radius 2 is 2.00 bits per heavy atom. The van der Waals surface area contributed by atoms with Gasteiger partial charge in [0.1, 0.15) is 0 Å². The van der Waals surface area contributed by atoms with Crippen molar-refractivity contribution in [3.8, 4) is 0 Å². The van der Waals surface area contributed by atoms with Crippen molar-refractivity contribution in [3.63, 3.8) is 0 Å². The van der Waals surface area contributed by atoms with Crippen LogP contribution >= 0.6 is 0 Å². The van der Waals surface area contributed by atoms with Gasteiger partial charge in [0.25, 0.3) is 5.69 Å². The number of hydrogen-bond acceptors (Lipinski definition) is 4. The van der Waals surface area contributed by atoms with Crippen LogP contribution in [0.5, 0.6) is 0 Å². The maximum absolute atomic E-state index is 12.2. The number of aliphatic hydroxyl groups is 1. The van der Waals surface area contributed by atoms with E-state index in [1.165, 1.54) is 12.1 Å². The number of benzene rings is 1. The molecule has 1 aromatic rings. The van der Waals surface area contributed by atoms with Gasteiger partial charge in [-0.15, -0.1) is 0 Å². The molecular formula is C13H18N2O4. The summed E-state index contributed by atoms with van der Waals surface area (Å²) in [6.07, 6.45) is 0. The summed E-state index contributed by atoms with van der Waals surface area (Å²) in [5.74, 6) is -0.474. The van der Waals surface area contributed by atoms with E-state index in [1.807, 2.05) is 6.92 Å². The summed E-state index contributed by atoms with van der Waals surface area (Å²) in [4.78, 5) is 23.8. The molecule has 19 heavy (non-hydrogen) atoms. The van der Waals surface area contributed by atoms with Crippen LogP contribution in [0.3, 0.4) is 0 Å². The monoisotopic (exact) mass is 266 g/mol. The zero-order valence-corrected chi connectivity index (χ0v) is 11.1. The third-order valence-corrected chi connectivity index (χ3v) is 3.04. The average Bonchev–Trinajstić information content (AvgIpc) is 2.43. The fourth-order valence-corrected chi connectivity index (χ4v) is 1.85. The van der Waals surface area contributed by atoms with Crippen molar-refractivity contribution in [2.75, 3.05) is 19.7 Å². The molecule has 1 rings (SSSR count). The molecule has 0 aromatic heterocycles. The SMILES string of the molecule is CCN(CCO)C(=O)C(C)c1ccc([N+](=O)[O-])cc1. The fraction of sp³-hybridized carbons (Fsp3) is 0.462. The molecule has 1 atom stereocenters.